The molecule has 0 unspecified atom stereocenters. The molecule has 0 saturated carbocycles. The summed E-state index contributed by atoms with van der Waals surface area (Å²) in [7, 11) is 0. The minimum Gasteiger partial charge on any atom is -0.394 e. The summed E-state index contributed by atoms with van der Waals surface area (Å²) in [6, 6.07) is 0. The molecule has 0 aromatic heterocycles. The van der Waals surface area contributed by atoms with Gasteiger partial charge in [-0.1, -0.05) is 0 Å². The van der Waals surface area contributed by atoms with Crippen LogP contribution in [0, 0.1) is 0 Å². The van der Waals surface area contributed by atoms with Gasteiger partial charge in [0.15, 0.2) is 0 Å². The molecule has 13 heavy (non-hydrogen) atoms. The third-order valence-electron chi connectivity index (χ3n) is 1.83. The molecule has 80 valence electrons. The fourth-order valence-electron chi connectivity index (χ4n) is 0.717. The van der Waals surface area contributed by atoms with E-state index >= 15 is 0 Å². The topological polar surface area (TPSA) is 113 Å². The van der Waals surface area contributed by atoms with Crippen molar-refractivity contribution >= 4 is 0 Å². The van der Waals surface area contributed by atoms with E-state index in [0.29, 0.717) is 0 Å². The molecule has 0 fully saturated rings. The minimum atomic E-state index is -1.20. The minimum absolute atomic E-state index is 0.00181. The molecule has 0 aromatic rings. The lowest BCUT2D eigenvalue weighted by Crippen LogP contribution is -2.56. The Morgan fingerprint density at radius 2 is 1.46 bits per heavy atom. The molecule has 6 N–H and O–H groups in total. The summed E-state index contributed by atoms with van der Waals surface area (Å²) in [6.45, 7) is -1.75. The molecule has 0 radical (unpaired) electrons. The molecule has 6 nitrogen and oxygen atoms in total. The quantitative estimate of drug-likeness (QED) is 0.253. The number of β-amino-alcohol motifs (C(OH)–C–C–N with tert-alkyl or cyclic N) is 1. The van der Waals surface area contributed by atoms with Crippen LogP contribution in [-0.2, 0) is 0 Å². The van der Waals surface area contributed by atoms with Crippen LogP contribution in [0.5, 0.6) is 0 Å². The van der Waals surface area contributed by atoms with Crippen molar-refractivity contribution in [1.29, 1.82) is 0 Å². The maximum atomic E-state index is 8.95. The Balaban J connectivity index is 3.95. The van der Waals surface area contributed by atoms with E-state index in [2.05, 4.69) is 5.32 Å². The van der Waals surface area contributed by atoms with Crippen molar-refractivity contribution in [2.75, 3.05) is 33.0 Å². The van der Waals surface area contributed by atoms with E-state index in [1.165, 1.54) is 0 Å². The van der Waals surface area contributed by atoms with Gasteiger partial charge in [-0.15, -0.1) is 0 Å². The van der Waals surface area contributed by atoms with Crippen LogP contribution in [0.15, 0.2) is 0 Å². The van der Waals surface area contributed by atoms with Gasteiger partial charge in [-0.05, 0) is 0 Å². The summed E-state index contributed by atoms with van der Waals surface area (Å²) in [6.07, 6.45) is -0.968. The van der Waals surface area contributed by atoms with Gasteiger partial charge in [0, 0.05) is 6.54 Å². The van der Waals surface area contributed by atoms with Crippen molar-refractivity contribution in [3.05, 3.63) is 0 Å². The first-order valence-corrected chi connectivity index (χ1v) is 4.00. The maximum absolute atomic E-state index is 8.95. The Morgan fingerprint density at radius 3 is 1.77 bits per heavy atom. The van der Waals surface area contributed by atoms with Gasteiger partial charge in [0.2, 0.25) is 0 Å². The van der Waals surface area contributed by atoms with Gasteiger partial charge >= 0.3 is 0 Å². The molecule has 0 aromatic carbocycles. The predicted octanol–water partition coefficient (Wildman–Crippen LogP) is -3.36. The standard InChI is InChI=1S/C7H17NO5/c9-2-6(13)1-8-7(3-10,4-11)5-12/h6,8-13H,1-5H2/t6-/m0/s1. The maximum Gasteiger partial charge on any atom is 0.0895 e. The van der Waals surface area contributed by atoms with E-state index in [4.69, 9.17) is 25.5 Å². The zero-order valence-corrected chi connectivity index (χ0v) is 7.35. The van der Waals surface area contributed by atoms with Gasteiger partial charge in [0.1, 0.15) is 0 Å². The summed E-state index contributed by atoms with van der Waals surface area (Å²) in [5, 5.41) is 46.5. The smallest absolute Gasteiger partial charge is 0.0895 e. The monoisotopic (exact) mass is 195 g/mol. The first kappa shape index (κ1) is 12.8. The molecular formula is C7H17NO5. The largest absolute Gasteiger partial charge is 0.394 e. The molecule has 6 heteroatoms. The van der Waals surface area contributed by atoms with E-state index in [0.717, 1.165) is 0 Å². The normalized spacial score (nSPS) is 14.5. The molecular weight excluding hydrogens is 178 g/mol. The third-order valence-corrected chi connectivity index (χ3v) is 1.83. The van der Waals surface area contributed by atoms with Gasteiger partial charge in [0.25, 0.3) is 0 Å². The fraction of sp³-hybridized carbons (Fsp3) is 1.00. The molecule has 0 rings (SSSR count). The van der Waals surface area contributed by atoms with E-state index in [-0.39, 0.29) is 6.54 Å². The molecule has 0 heterocycles. The number of nitrogens with one attached hydrogen (secondary N) is 1. The third kappa shape index (κ3) is 3.99. The number of hydrogen-bond donors (Lipinski definition) is 6. The number of hydrogen-bond acceptors (Lipinski definition) is 6. The summed E-state index contributed by atoms with van der Waals surface area (Å²) in [4.78, 5) is 0. The number of aliphatic hydroxyl groups is 5. The Labute approximate surface area is 76.4 Å². The Morgan fingerprint density at radius 1 is 1.00 bits per heavy atom. The first-order valence-electron chi connectivity index (χ1n) is 4.00. The molecule has 1 atom stereocenters. The highest BCUT2D eigenvalue weighted by atomic mass is 16.3. The zero-order valence-electron chi connectivity index (χ0n) is 7.35. The second-order valence-corrected chi connectivity index (χ2v) is 2.97. The van der Waals surface area contributed by atoms with Crippen LogP contribution < -0.4 is 5.32 Å². The SMILES string of the molecule is OC[C@@H](O)CNC(CO)(CO)CO. The zero-order chi connectivity index (χ0) is 10.3. The average Bonchev–Trinajstić information content (AvgIpc) is 2.20. The number of aliphatic hydroxyl groups excluding tert-OH is 5. The Kier molecular flexibility index (Phi) is 6.13. The lowest BCUT2D eigenvalue weighted by atomic mass is 10.0. The summed E-state index contributed by atoms with van der Waals surface area (Å²) in [5.41, 5.74) is -1.20. The van der Waals surface area contributed by atoms with E-state index in [1.54, 1.807) is 0 Å². The van der Waals surface area contributed by atoms with Crippen LogP contribution in [-0.4, -0.2) is 70.1 Å². The van der Waals surface area contributed by atoms with Crippen molar-refractivity contribution in [2.45, 2.75) is 11.6 Å². The molecule has 0 spiro atoms. The van der Waals surface area contributed by atoms with Gasteiger partial charge in [-0.25, -0.2) is 0 Å². The lowest BCUT2D eigenvalue weighted by molar-refractivity contribution is 0.0239. The van der Waals surface area contributed by atoms with Gasteiger partial charge in [0.05, 0.1) is 38.1 Å². The lowest BCUT2D eigenvalue weighted by Gasteiger charge is -2.29. The highest BCUT2D eigenvalue weighted by Gasteiger charge is 2.27. The van der Waals surface area contributed by atoms with E-state index < -0.39 is 38.1 Å². The van der Waals surface area contributed by atoms with Crippen LogP contribution in [0.25, 0.3) is 0 Å². The van der Waals surface area contributed by atoms with Crippen molar-refractivity contribution in [1.82, 2.24) is 5.32 Å². The second-order valence-electron chi connectivity index (χ2n) is 2.97. The molecule has 0 bridgehead atoms. The van der Waals surface area contributed by atoms with Crippen molar-refractivity contribution < 1.29 is 25.5 Å². The van der Waals surface area contributed by atoms with Crippen LogP contribution in [0.3, 0.4) is 0 Å². The average molecular weight is 195 g/mol. The molecule has 0 aliphatic carbocycles. The van der Waals surface area contributed by atoms with E-state index in [1.807, 2.05) is 0 Å². The fourth-order valence-corrected chi connectivity index (χ4v) is 0.717. The summed E-state index contributed by atoms with van der Waals surface area (Å²) in [5.74, 6) is 0. The second kappa shape index (κ2) is 6.25. The molecule has 0 saturated heterocycles. The van der Waals surface area contributed by atoms with Crippen molar-refractivity contribution in [3.63, 3.8) is 0 Å². The molecule has 0 aliphatic rings. The van der Waals surface area contributed by atoms with Gasteiger partial charge in [-0.3, -0.25) is 0 Å². The van der Waals surface area contributed by atoms with E-state index in [9.17, 15) is 0 Å². The summed E-state index contributed by atoms with van der Waals surface area (Å²) >= 11 is 0. The first-order chi connectivity index (χ1) is 6.14. The highest BCUT2D eigenvalue weighted by Crippen LogP contribution is 2.01. The van der Waals surface area contributed by atoms with Crippen LogP contribution in [0.1, 0.15) is 0 Å². The van der Waals surface area contributed by atoms with Crippen LogP contribution in [0.4, 0.5) is 0 Å². The molecule has 0 aliphatic heterocycles. The highest BCUT2D eigenvalue weighted by molar-refractivity contribution is 4.86. The van der Waals surface area contributed by atoms with Crippen molar-refractivity contribution in [3.8, 4) is 0 Å². The van der Waals surface area contributed by atoms with Crippen LogP contribution >= 0.6 is 0 Å². The molecule has 0 amide bonds. The predicted molar refractivity (Wildman–Crippen MR) is 45.1 cm³/mol. The Hall–Kier alpha value is -0.240. The van der Waals surface area contributed by atoms with Crippen LogP contribution in [0.2, 0.25) is 0 Å². The van der Waals surface area contributed by atoms with Gasteiger partial charge < -0.3 is 30.8 Å². The van der Waals surface area contributed by atoms with Gasteiger partial charge in [-0.2, -0.15) is 0 Å². The number of rotatable bonds is 7. The summed E-state index contributed by atoms with van der Waals surface area (Å²) < 4.78 is 0. The Bertz CT molecular complexity index is 120. The van der Waals surface area contributed by atoms with Crippen molar-refractivity contribution in [2.24, 2.45) is 0 Å².